The summed E-state index contributed by atoms with van der Waals surface area (Å²) in [6.45, 7) is 10.4. The van der Waals surface area contributed by atoms with E-state index in [9.17, 15) is 9.59 Å². The molecule has 0 unspecified atom stereocenters. The summed E-state index contributed by atoms with van der Waals surface area (Å²) < 4.78 is 12.6. The standard InChI is InChI=1S/C23H26N4O4S2/c1-6-9-27-19(12-31-18-10-14(2)7-8-15(18)3)25-26-23(27)32-13-20(28)24-21-17(22(29)30-5)11-16(4)33-21/h6-8,10-11H,1,9,12-13H2,2-5H3,(H,24,28). The predicted molar refractivity (Wildman–Crippen MR) is 130 cm³/mol. The van der Waals surface area contributed by atoms with Gasteiger partial charge in [0.1, 0.15) is 17.4 Å². The predicted octanol–water partition coefficient (Wildman–Crippen LogP) is 4.55. The van der Waals surface area contributed by atoms with E-state index in [0.29, 0.717) is 28.1 Å². The molecule has 174 valence electrons. The molecule has 0 saturated carbocycles. The van der Waals surface area contributed by atoms with Crippen LogP contribution in [0, 0.1) is 20.8 Å². The number of allylic oxidation sites excluding steroid dienone is 1. The van der Waals surface area contributed by atoms with Crippen molar-refractivity contribution in [3.05, 3.63) is 64.3 Å². The Morgan fingerprint density at radius 1 is 1.24 bits per heavy atom. The summed E-state index contributed by atoms with van der Waals surface area (Å²) in [6, 6.07) is 7.73. The normalized spacial score (nSPS) is 10.7. The number of anilines is 1. The summed E-state index contributed by atoms with van der Waals surface area (Å²) >= 11 is 2.58. The Morgan fingerprint density at radius 2 is 2.03 bits per heavy atom. The monoisotopic (exact) mass is 486 g/mol. The van der Waals surface area contributed by atoms with E-state index in [1.54, 1.807) is 12.1 Å². The molecule has 2 heterocycles. The zero-order chi connectivity index (χ0) is 24.0. The molecule has 3 aromatic rings. The lowest BCUT2D eigenvalue weighted by molar-refractivity contribution is -0.113. The van der Waals surface area contributed by atoms with Gasteiger partial charge in [0, 0.05) is 11.4 Å². The van der Waals surface area contributed by atoms with Crippen molar-refractivity contribution in [1.29, 1.82) is 0 Å². The highest BCUT2D eigenvalue weighted by atomic mass is 32.2. The number of benzene rings is 1. The van der Waals surface area contributed by atoms with Crippen LogP contribution in [0.25, 0.3) is 0 Å². The van der Waals surface area contributed by atoms with Crippen LogP contribution in [0.4, 0.5) is 5.00 Å². The molecule has 0 aliphatic heterocycles. The molecular weight excluding hydrogens is 460 g/mol. The number of aromatic nitrogens is 3. The van der Waals surface area contributed by atoms with Gasteiger partial charge in [-0.05, 0) is 44.0 Å². The fraction of sp³-hybridized carbons (Fsp3) is 0.304. The van der Waals surface area contributed by atoms with Gasteiger partial charge in [-0.3, -0.25) is 9.36 Å². The highest BCUT2D eigenvalue weighted by Gasteiger charge is 2.19. The van der Waals surface area contributed by atoms with Gasteiger partial charge in [0.25, 0.3) is 0 Å². The molecule has 1 N–H and O–H groups in total. The molecule has 0 spiro atoms. The van der Waals surface area contributed by atoms with Crippen molar-refractivity contribution in [2.75, 3.05) is 18.2 Å². The Bertz CT molecular complexity index is 1170. The van der Waals surface area contributed by atoms with Gasteiger partial charge in [-0.25, -0.2) is 4.79 Å². The lowest BCUT2D eigenvalue weighted by atomic mass is 10.1. The number of methoxy groups -OCH3 is 1. The molecule has 8 nitrogen and oxygen atoms in total. The van der Waals surface area contributed by atoms with Crippen LogP contribution >= 0.6 is 23.1 Å². The van der Waals surface area contributed by atoms with E-state index >= 15 is 0 Å². The molecule has 0 fully saturated rings. The minimum Gasteiger partial charge on any atom is -0.485 e. The fourth-order valence-corrected chi connectivity index (χ4v) is 4.69. The SMILES string of the molecule is C=CCn1c(COc2cc(C)ccc2C)nnc1SCC(=O)Nc1sc(C)cc1C(=O)OC. The maximum absolute atomic E-state index is 12.5. The number of hydrogen-bond acceptors (Lipinski definition) is 8. The quantitative estimate of drug-likeness (QED) is 0.255. The van der Waals surface area contributed by atoms with Crippen LogP contribution in [-0.4, -0.2) is 39.5 Å². The molecular formula is C23H26N4O4S2. The first kappa shape index (κ1) is 24.5. The second-order valence-corrected chi connectivity index (χ2v) is 9.48. The lowest BCUT2D eigenvalue weighted by Crippen LogP contribution is -2.16. The Kier molecular flexibility index (Phi) is 8.29. The fourth-order valence-electron chi connectivity index (χ4n) is 3.01. The van der Waals surface area contributed by atoms with Crippen LogP contribution in [0.15, 0.2) is 42.1 Å². The highest BCUT2D eigenvalue weighted by molar-refractivity contribution is 7.99. The number of thioether (sulfide) groups is 1. The number of hydrogen-bond donors (Lipinski definition) is 1. The number of thiophene rings is 1. The molecule has 1 amide bonds. The summed E-state index contributed by atoms with van der Waals surface area (Å²) in [6.07, 6.45) is 1.74. The van der Waals surface area contributed by atoms with Gasteiger partial charge in [-0.2, -0.15) is 0 Å². The molecule has 0 atom stereocenters. The number of esters is 1. The lowest BCUT2D eigenvalue weighted by Gasteiger charge is -2.11. The molecule has 0 aliphatic rings. The number of rotatable bonds is 10. The van der Waals surface area contributed by atoms with E-state index in [-0.39, 0.29) is 18.3 Å². The van der Waals surface area contributed by atoms with Gasteiger partial charge < -0.3 is 14.8 Å². The molecule has 0 radical (unpaired) electrons. The van der Waals surface area contributed by atoms with E-state index in [1.165, 1.54) is 30.2 Å². The summed E-state index contributed by atoms with van der Waals surface area (Å²) in [5.41, 5.74) is 2.50. The van der Waals surface area contributed by atoms with Crippen LogP contribution in [0.1, 0.15) is 32.2 Å². The summed E-state index contributed by atoms with van der Waals surface area (Å²) in [7, 11) is 1.31. The third-order valence-corrected chi connectivity index (χ3v) is 6.58. The smallest absolute Gasteiger partial charge is 0.340 e. The number of carbonyl (C=O) groups excluding carboxylic acids is 2. The molecule has 0 saturated heterocycles. The number of nitrogens with one attached hydrogen (secondary N) is 1. The minimum absolute atomic E-state index is 0.102. The average Bonchev–Trinajstić information content (AvgIpc) is 3.35. The van der Waals surface area contributed by atoms with Gasteiger partial charge >= 0.3 is 5.97 Å². The molecule has 1 aromatic carbocycles. The third kappa shape index (κ3) is 6.23. The van der Waals surface area contributed by atoms with E-state index < -0.39 is 5.97 Å². The van der Waals surface area contributed by atoms with Gasteiger partial charge in [0.2, 0.25) is 5.91 Å². The molecule has 2 aromatic heterocycles. The van der Waals surface area contributed by atoms with Gasteiger partial charge in [0.05, 0.1) is 18.4 Å². The first-order valence-electron chi connectivity index (χ1n) is 10.2. The van der Waals surface area contributed by atoms with Crippen LogP contribution in [0.3, 0.4) is 0 Å². The topological polar surface area (TPSA) is 95.3 Å². The molecule has 33 heavy (non-hydrogen) atoms. The second kappa shape index (κ2) is 11.2. The van der Waals surface area contributed by atoms with E-state index in [1.807, 2.05) is 43.5 Å². The first-order valence-corrected chi connectivity index (χ1v) is 12.0. The zero-order valence-corrected chi connectivity index (χ0v) is 20.6. The van der Waals surface area contributed by atoms with Crippen molar-refractivity contribution in [2.24, 2.45) is 0 Å². The number of ether oxygens (including phenoxy) is 2. The van der Waals surface area contributed by atoms with Crippen molar-refractivity contribution in [3.63, 3.8) is 0 Å². The Morgan fingerprint density at radius 3 is 2.76 bits per heavy atom. The number of aryl methyl sites for hydroxylation is 3. The van der Waals surface area contributed by atoms with E-state index in [4.69, 9.17) is 9.47 Å². The van der Waals surface area contributed by atoms with Gasteiger partial charge in [-0.1, -0.05) is 30.0 Å². The van der Waals surface area contributed by atoms with Gasteiger partial charge in [0.15, 0.2) is 11.0 Å². The average molecular weight is 487 g/mol. The Labute approximate surface area is 201 Å². The van der Waals surface area contributed by atoms with Crippen molar-refractivity contribution in [2.45, 2.75) is 39.1 Å². The van der Waals surface area contributed by atoms with Crippen LogP contribution in [0.2, 0.25) is 0 Å². The summed E-state index contributed by atoms with van der Waals surface area (Å²) in [4.78, 5) is 25.4. The molecule has 10 heteroatoms. The first-order chi connectivity index (χ1) is 15.8. The highest BCUT2D eigenvalue weighted by Crippen LogP contribution is 2.29. The van der Waals surface area contributed by atoms with Crippen LogP contribution in [-0.2, 0) is 22.7 Å². The minimum atomic E-state index is -0.485. The largest absolute Gasteiger partial charge is 0.485 e. The molecule has 0 bridgehead atoms. The van der Waals surface area contributed by atoms with Gasteiger partial charge in [-0.15, -0.1) is 28.1 Å². The van der Waals surface area contributed by atoms with Crippen molar-refractivity contribution in [3.8, 4) is 5.75 Å². The third-order valence-electron chi connectivity index (χ3n) is 4.65. The van der Waals surface area contributed by atoms with E-state index in [2.05, 4.69) is 22.1 Å². The molecule has 3 rings (SSSR count). The van der Waals surface area contributed by atoms with E-state index in [0.717, 1.165) is 21.8 Å². The summed E-state index contributed by atoms with van der Waals surface area (Å²) in [5.74, 6) is 0.796. The van der Waals surface area contributed by atoms with Crippen LogP contribution < -0.4 is 10.1 Å². The van der Waals surface area contributed by atoms with Crippen molar-refractivity contribution in [1.82, 2.24) is 14.8 Å². The number of nitrogens with zero attached hydrogens (tertiary/aromatic N) is 3. The Balaban J connectivity index is 1.66. The maximum atomic E-state index is 12.5. The summed E-state index contributed by atoms with van der Waals surface area (Å²) in [5, 5.41) is 12.3. The number of carbonyl (C=O) groups is 2. The maximum Gasteiger partial charge on any atom is 0.340 e. The molecule has 0 aliphatic carbocycles. The number of amides is 1. The van der Waals surface area contributed by atoms with Crippen LogP contribution in [0.5, 0.6) is 5.75 Å². The Hall–Kier alpha value is -3.11. The van der Waals surface area contributed by atoms with Crippen molar-refractivity contribution < 1.29 is 19.1 Å². The zero-order valence-electron chi connectivity index (χ0n) is 19.0. The second-order valence-electron chi connectivity index (χ2n) is 7.28. The van der Waals surface area contributed by atoms with Crippen molar-refractivity contribution >= 4 is 40.0 Å².